The largest absolute Gasteiger partial charge is 0.394 e. The predicted molar refractivity (Wildman–Crippen MR) is 60.0 cm³/mol. The molecule has 0 unspecified atom stereocenters. The van der Waals surface area contributed by atoms with E-state index in [9.17, 15) is 4.39 Å². The maximum Gasteiger partial charge on any atom is 0.124 e. The Morgan fingerprint density at radius 3 is 2.67 bits per heavy atom. The van der Waals surface area contributed by atoms with E-state index in [1.807, 2.05) is 6.07 Å². The summed E-state index contributed by atoms with van der Waals surface area (Å²) in [6.07, 6.45) is 2.00. The molecule has 0 amide bonds. The zero-order valence-electron chi connectivity index (χ0n) is 8.26. The summed E-state index contributed by atoms with van der Waals surface area (Å²) in [5.74, 6) is -0.241. The number of aliphatic hydroxyl groups excluding tert-OH is 1. The average Bonchev–Trinajstić information content (AvgIpc) is 2.94. The molecule has 1 fully saturated rings. The van der Waals surface area contributed by atoms with Crippen LogP contribution >= 0.6 is 15.9 Å². The van der Waals surface area contributed by atoms with Crippen molar-refractivity contribution >= 4 is 15.9 Å². The Bertz CT molecular complexity index is 345. The summed E-state index contributed by atoms with van der Waals surface area (Å²) in [7, 11) is 0. The van der Waals surface area contributed by atoms with Gasteiger partial charge in [0.05, 0.1) is 6.61 Å². The van der Waals surface area contributed by atoms with Gasteiger partial charge in [0.1, 0.15) is 5.82 Å². The highest BCUT2D eigenvalue weighted by Crippen LogP contribution is 2.34. The maximum atomic E-state index is 13.0. The lowest BCUT2D eigenvalue weighted by molar-refractivity contribution is 0.229. The number of hydrogen-bond acceptors (Lipinski definition) is 2. The van der Waals surface area contributed by atoms with Crippen molar-refractivity contribution in [1.82, 2.24) is 5.32 Å². The third-order valence-electron chi connectivity index (χ3n) is 2.75. The first-order valence-electron chi connectivity index (χ1n) is 4.94. The van der Waals surface area contributed by atoms with Gasteiger partial charge in [-0.2, -0.15) is 0 Å². The van der Waals surface area contributed by atoms with E-state index in [0.29, 0.717) is 6.54 Å². The molecule has 1 aliphatic carbocycles. The van der Waals surface area contributed by atoms with Crippen LogP contribution in [0.5, 0.6) is 0 Å². The summed E-state index contributed by atoms with van der Waals surface area (Å²) >= 11 is 3.25. The number of rotatable bonds is 4. The highest BCUT2D eigenvalue weighted by molar-refractivity contribution is 9.10. The molecule has 1 saturated carbocycles. The van der Waals surface area contributed by atoms with Gasteiger partial charge in [-0.25, -0.2) is 4.39 Å². The third kappa shape index (κ3) is 2.77. The number of hydrogen-bond donors (Lipinski definition) is 2. The first-order valence-corrected chi connectivity index (χ1v) is 5.74. The number of benzene rings is 1. The Hall–Kier alpha value is -0.450. The molecule has 0 heterocycles. The van der Waals surface area contributed by atoms with Crippen LogP contribution in [0.2, 0.25) is 0 Å². The predicted octanol–water partition coefficient (Wildman–Crippen LogP) is 2.20. The van der Waals surface area contributed by atoms with Gasteiger partial charge in [0.25, 0.3) is 0 Å². The van der Waals surface area contributed by atoms with Crippen molar-refractivity contribution in [3.05, 3.63) is 34.1 Å². The number of nitrogens with one attached hydrogen (secondary N) is 1. The Balaban J connectivity index is 1.99. The minimum absolute atomic E-state index is 0.0984. The van der Waals surface area contributed by atoms with Gasteiger partial charge in [-0.15, -0.1) is 0 Å². The van der Waals surface area contributed by atoms with Gasteiger partial charge in [-0.1, -0.05) is 15.9 Å². The molecule has 2 N–H and O–H groups in total. The van der Waals surface area contributed by atoms with Crippen LogP contribution in [0.25, 0.3) is 0 Å². The van der Waals surface area contributed by atoms with Crippen LogP contribution in [-0.4, -0.2) is 17.3 Å². The van der Waals surface area contributed by atoms with E-state index in [1.165, 1.54) is 12.1 Å². The van der Waals surface area contributed by atoms with Crippen LogP contribution in [0, 0.1) is 5.82 Å². The second kappa shape index (κ2) is 4.20. The van der Waals surface area contributed by atoms with Crippen molar-refractivity contribution in [2.45, 2.75) is 24.9 Å². The van der Waals surface area contributed by atoms with Gasteiger partial charge >= 0.3 is 0 Å². The second-order valence-corrected chi connectivity index (χ2v) is 4.99. The molecule has 1 aromatic carbocycles. The van der Waals surface area contributed by atoms with Crippen molar-refractivity contribution < 1.29 is 9.50 Å². The Kier molecular flexibility index (Phi) is 3.09. The number of halogens is 2. The van der Waals surface area contributed by atoms with Gasteiger partial charge in [0.2, 0.25) is 0 Å². The van der Waals surface area contributed by atoms with Crippen LogP contribution in [0.4, 0.5) is 4.39 Å². The Labute approximate surface area is 96.6 Å². The smallest absolute Gasteiger partial charge is 0.124 e. The summed E-state index contributed by atoms with van der Waals surface area (Å²) in [6.45, 7) is 0.750. The van der Waals surface area contributed by atoms with Crippen molar-refractivity contribution in [2.75, 3.05) is 6.61 Å². The Morgan fingerprint density at radius 2 is 2.13 bits per heavy atom. The molecule has 4 heteroatoms. The first kappa shape index (κ1) is 11.0. The molecule has 1 aliphatic rings. The standard InChI is InChI=1S/C11H13BrFNO/c12-9-3-8(4-10(13)5-9)6-14-11(7-15)1-2-11/h3-5,14-15H,1-2,6-7H2. The zero-order valence-corrected chi connectivity index (χ0v) is 9.85. The monoisotopic (exact) mass is 273 g/mol. The molecule has 2 rings (SSSR count). The van der Waals surface area contributed by atoms with E-state index < -0.39 is 0 Å². The van der Waals surface area contributed by atoms with Crippen LogP contribution in [0.3, 0.4) is 0 Å². The zero-order chi connectivity index (χ0) is 10.9. The molecule has 82 valence electrons. The third-order valence-corrected chi connectivity index (χ3v) is 3.20. The summed E-state index contributed by atoms with van der Waals surface area (Å²) in [5.41, 5.74) is 0.792. The van der Waals surface area contributed by atoms with Crippen LogP contribution in [0.15, 0.2) is 22.7 Å². The van der Waals surface area contributed by atoms with Crippen molar-refractivity contribution in [1.29, 1.82) is 0 Å². The fourth-order valence-corrected chi connectivity index (χ4v) is 2.06. The molecular weight excluding hydrogens is 261 g/mol. The van der Waals surface area contributed by atoms with Crippen molar-refractivity contribution in [3.63, 3.8) is 0 Å². The molecule has 2 nitrogen and oxygen atoms in total. The lowest BCUT2D eigenvalue weighted by atomic mass is 10.2. The fourth-order valence-electron chi connectivity index (χ4n) is 1.54. The maximum absolute atomic E-state index is 13.0. The molecule has 0 atom stereocenters. The molecule has 0 aliphatic heterocycles. The summed E-state index contributed by atoms with van der Waals surface area (Å²) < 4.78 is 13.8. The molecule has 0 spiro atoms. The Morgan fingerprint density at radius 1 is 1.40 bits per heavy atom. The molecule has 0 bridgehead atoms. The van der Waals surface area contributed by atoms with E-state index in [1.54, 1.807) is 0 Å². The van der Waals surface area contributed by atoms with Gasteiger partial charge in [0.15, 0.2) is 0 Å². The van der Waals surface area contributed by atoms with Gasteiger partial charge < -0.3 is 10.4 Å². The van der Waals surface area contributed by atoms with E-state index in [0.717, 1.165) is 22.9 Å². The van der Waals surface area contributed by atoms with Crippen molar-refractivity contribution in [3.8, 4) is 0 Å². The lowest BCUT2D eigenvalue weighted by Gasteiger charge is -2.14. The van der Waals surface area contributed by atoms with Crippen LogP contribution < -0.4 is 5.32 Å². The first-order chi connectivity index (χ1) is 7.13. The van der Waals surface area contributed by atoms with Crippen LogP contribution in [-0.2, 0) is 6.54 Å². The average molecular weight is 274 g/mol. The lowest BCUT2D eigenvalue weighted by Crippen LogP contribution is -2.34. The molecule has 0 radical (unpaired) electrons. The van der Waals surface area contributed by atoms with E-state index in [2.05, 4.69) is 21.2 Å². The van der Waals surface area contributed by atoms with Crippen LogP contribution in [0.1, 0.15) is 18.4 Å². The second-order valence-electron chi connectivity index (χ2n) is 4.07. The van der Waals surface area contributed by atoms with E-state index in [4.69, 9.17) is 5.11 Å². The highest BCUT2D eigenvalue weighted by atomic mass is 79.9. The SMILES string of the molecule is OCC1(NCc2cc(F)cc(Br)c2)CC1. The summed E-state index contributed by atoms with van der Waals surface area (Å²) in [5, 5.41) is 12.4. The molecule has 1 aromatic rings. The summed E-state index contributed by atoms with van der Waals surface area (Å²) in [4.78, 5) is 0. The van der Waals surface area contributed by atoms with Crippen molar-refractivity contribution in [2.24, 2.45) is 0 Å². The van der Waals surface area contributed by atoms with Gasteiger partial charge in [-0.3, -0.25) is 0 Å². The molecule has 15 heavy (non-hydrogen) atoms. The quantitative estimate of drug-likeness (QED) is 0.882. The minimum Gasteiger partial charge on any atom is -0.394 e. The van der Waals surface area contributed by atoms with E-state index >= 15 is 0 Å². The van der Waals surface area contributed by atoms with Gasteiger partial charge in [-0.05, 0) is 36.6 Å². The topological polar surface area (TPSA) is 32.3 Å². The normalized spacial score (nSPS) is 17.8. The molecule has 0 aromatic heterocycles. The highest BCUT2D eigenvalue weighted by Gasteiger charge is 2.41. The minimum atomic E-state index is -0.241. The fraction of sp³-hybridized carbons (Fsp3) is 0.455. The molecule has 0 saturated heterocycles. The number of aliphatic hydroxyl groups is 1. The summed E-state index contributed by atoms with van der Waals surface area (Å²) in [6, 6.07) is 4.82. The van der Waals surface area contributed by atoms with E-state index in [-0.39, 0.29) is 18.0 Å². The molecular formula is C11H13BrFNO. The van der Waals surface area contributed by atoms with Gasteiger partial charge in [0, 0.05) is 16.6 Å².